The standard InChI is InChI=1S/C11H15.C5H5.2ClH.Zr/c1-9-7-10-5-3-2-4-6-11(10)8-9;1-2-4-5-3-1;;;/h2-3,5,7,9,11H,4,6,8H2,1H3;1-5H;2*1H;/q2*-1;;;+4/p-2. The predicted octanol–water partition coefficient (Wildman–Crippen LogP) is -1.47. The van der Waals surface area contributed by atoms with E-state index < -0.39 is 0 Å². The normalized spacial score (nSPS) is 22.7. The van der Waals surface area contributed by atoms with Gasteiger partial charge in [0.1, 0.15) is 0 Å². The topological polar surface area (TPSA) is 0 Å². The average molecular weight is 374 g/mol. The molecule has 0 aromatic heterocycles. The Balaban J connectivity index is 0. The third-order valence-corrected chi connectivity index (χ3v) is 3.27. The van der Waals surface area contributed by atoms with Crippen molar-refractivity contribution in [2.45, 2.75) is 26.2 Å². The molecule has 1 fully saturated rings. The Bertz CT molecular complexity index is 338. The van der Waals surface area contributed by atoms with E-state index in [-0.39, 0.29) is 51.0 Å². The molecule has 0 nitrogen and oxygen atoms in total. The summed E-state index contributed by atoms with van der Waals surface area (Å²) >= 11 is 0. The number of allylic oxidation sites excluding steroid dienone is 4. The van der Waals surface area contributed by atoms with Crippen LogP contribution >= 0.6 is 0 Å². The van der Waals surface area contributed by atoms with E-state index in [4.69, 9.17) is 0 Å². The SMILES string of the molecule is CC1[CH-]C2=CC=CCCC2C1.[Cl-].[Cl-].[Zr+4].c1cc[cH-]c1. The summed E-state index contributed by atoms with van der Waals surface area (Å²) in [5.41, 5.74) is 1.59. The van der Waals surface area contributed by atoms with Crippen LogP contribution in [0.15, 0.2) is 54.1 Å². The molecule has 3 heteroatoms. The van der Waals surface area contributed by atoms with Gasteiger partial charge in [-0.1, -0.05) is 19.3 Å². The smallest absolute Gasteiger partial charge is 1.00 e. The van der Waals surface area contributed by atoms with Crippen molar-refractivity contribution in [3.05, 3.63) is 60.6 Å². The molecule has 0 aliphatic heterocycles. The minimum absolute atomic E-state index is 0. The molecule has 19 heavy (non-hydrogen) atoms. The zero-order valence-electron chi connectivity index (χ0n) is 11.2. The van der Waals surface area contributed by atoms with Crippen LogP contribution in [-0.4, -0.2) is 0 Å². The van der Waals surface area contributed by atoms with Crippen molar-refractivity contribution >= 4 is 0 Å². The van der Waals surface area contributed by atoms with Crippen LogP contribution in [0.4, 0.5) is 0 Å². The second-order valence-electron chi connectivity index (χ2n) is 4.71. The molecule has 0 radical (unpaired) electrons. The van der Waals surface area contributed by atoms with Crippen molar-refractivity contribution in [1.82, 2.24) is 0 Å². The van der Waals surface area contributed by atoms with E-state index in [9.17, 15) is 0 Å². The van der Waals surface area contributed by atoms with Crippen LogP contribution in [0.5, 0.6) is 0 Å². The van der Waals surface area contributed by atoms with E-state index in [0.717, 1.165) is 11.8 Å². The van der Waals surface area contributed by atoms with Gasteiger partial charge in [-0.05, 0) is 18.8 Å². The van der Waals surface area contributed by atoms with Crippen molar-refractivity contribution in [2.75, 3.05) is 0 Å². The molecule has 0 N–H and O–H groups in total. The van der Waals surface area contributed by atoms with Crippen LogP contribution < -0.4 is 24.8 Å². The molecule has 2 unspecified atom stereocenters. The molecule has 0 spiro atoms. The fraction of sp³-hybridized carbons (Fsp3) is 0.375. The quantitative estimate of drug-likeness (QED) is 0.487. The maximum atomic E-state index is 2.43. The summed E-state index contributed by atoms with van der Waals surface area (Å²) in [6, 6.07) is 10.0. The van der Waals surface area contributed by atoms with E-state index in [1.165, 1.54) is 19.3 Å². The maximum absolute atomic E-state index is 2.43. The zero-order chi connectivity index (χ0) is 11.2. The summed E-state index contributed by atoms with van der Waals surface area (Å²) in [7, 11) is 0. The van der Waals surface area contributed by atoms with Crippen LogP contribution in [0, 0.1) is 18.3 Å². The molecule has 0 amide bonds. The third-order valence-electron chi connectivity index (χ3n) is 3.27. The summed E-state index contributed by atoms with van der Waals surface area (Å²) in [5, 5.41) is 0. The fourth-order valence-corrected chi connectivity index (χ4v) is 2.49. The first-order valence-corrected chi connectivity index (χ1v) is 6.24. The number of fused-ring (bicyclic) bond motifs is 1. The largest absolute Gasteiger partial charge is 4.00 e. The molecule has 1 aromatic rings. The van der Waals surface area contributed by atoms with Crippen molar-refractivity contribution in [2.24, 2.45) is 11.8 Å². The molecule has 2 aliphatic rings. The number of hydrogen-bond donors (Lipinski definition) is 0. The van der Waals surface area contributed by atoms with E-state index in [0.29, 0.717) is 0 Å². The van der Waals surface area contributed by atoms with Crippen molar-refractivity contribution in [3.63, 3.8) is 0 Å². The van der Waals surface area contributed by atoms with Gasteiger partial charge in [0.2, 0.25) is 0 Å². The van der Waals surface area contributed by atoms with Gasteiger partial charge in [0.15, 0.2) is 0 Å². The number of halogens is 2. The molecule has 1 aromatic carbocycles. The summed E-state index contributed by atoms with van der Waals surface area (Å²) in [5.74, 6) is 1.69. The van der Waals surface area contributed by atoms with Gasteiger partial charge >= 0.3 is 26.2 Å². The Morgan fingerprint density at radius 2 is 1.84 bits per heavy atom. The van der Waals surface area contributed by atoms with E-state index >= 15 is 0 Å². The number of hydrogen-bond acceptors (Lipinski definition) is 0. The van der Waals surface area contributed by atoms with Gasteiger partial charge in [-0.2, -0.15) is 18.2 Å². The molecule has 2 aliphatic carbocycles. The average Bonchev–Trinajstić information content (AvgIpc) is 2.89. The molecule has 0 saturated heterocycles. The van der Waals surface area contributed by atoms with Crippen LogP contribution in [0.2, 0.25) is 0 Å². The molecular weight excluding hydrogens is 354 g/mol. The van der Waals surface area contributed by atoms with E-state index in [1.807, 2.05) is 30.3 Å². The molecular formula is C16H20Cl2Zr. The first-order valence-electron chi connectivity index (χ1n) is 6.24. The van der Waals surface area contributed by atoms with Gasteiger partial charge in [-0.15, -0.1) is 12.2 Å². The molecule has 1 saturated carbocycles. The van der Waals surface area contributed by atoms with Crippen molar-refractivity contribution in [1.29, 1.82) is 0 Å². The predicted molar refractivity (Wildman–Crippen MR) is 70.1 cm³/mol. The van der Waals surface area contributed by atoms with Gasteiger partial charge in [0.05, 0.1) is 0 Å². The van der Waals surface area contributed by atoms with Gasteiger partial charge in [-0.3, -0.25) is 0 Å². The van der Waals surface area contributed by atoms with Crippen LogP contribution in [0.1, 0.15) is 26.2 Å². The van der Waals surface area contributed by atoms with Gasteiger partial charge < -0.3 is 24.8 Å². The Hall–Kier alpha value is 0.163. The Kier molecular flexibility index (Phi) is 13.5. The van der Waals surface area contributed by atoms with Gasteiger partial charge in [-0.25, -0.2) is 30.2 Å². The Labute approximate surface area is 149 Å². The minimum atomic E-state index is 0. The van der Waals surface area contributed by atoms with Gasteiger partial charge in [0.25, 0.3) is 0 Å². The molecule has 0 heterocycles. The Morgan fingerprint density at radius 3 is 2.42 bits per heavy atom. The van der Waals surface area contributed by atoms with Crippen LogP contribution in [0.25, 0.3) is 0 Å². The second-order valence-corrected chi connectivity index (χ2v) is 4.71. The van der Waals surface area contributed by atoms with E-state index in [2.05, 4.69) is 31.6 Å². The maximum Gasteiger partial charge on any atom is 4.00 e. The third kappa shape index (κ3) is 7.49. The fourth-order valence-electron chi connectivity index (χ4n) is 2.49. The van der Waals surface area contributed by atoms with Crippen LogP contribution in [0.3, 0.4) is 0 Å². The molecule has 0 bridgehead atoms. The minimum Gasteiger partial charge on any atom is -1.00 e. The number of rotatable bonds is 0. The summed E-state index contributed by atoms with van der Waals surface area (Å²) < 4.78 is 0. The van der Waals surface area contributed by atoms with Crippen molar-refractivity contribution in [3.8, 4) is 0 Å². The summed E-state index contributed by atoms with van der Waals surface area (Å²) in [6.45, 7) is 2.32. The second kappa shape index (κ2) is 11.9. The summed E-state index contributed by atoms with van der Waals surface area (Å²) in [6.07, 6.45) is 13.2. The molecule has 3 rings (SSSR count). The Morgan fingerprint density at radius 1 is 1.16 bits per heavy atom. The monoisotopic (exact) mass is 372 g/mol. The van der Waals surface area contributed by atoms with Crippen molar-refractivity contribution < 1.29 is 51.0 Å². The first-order chi connectivity index (χ1) is 7.86. The molecule has 102 valence electrons. The zero-order valence-corrected chi connectivity index (χ0v) is 15.2. The van der Waals surface area contributed by atoms with Gasteiger partial charge in [0, 0.05) is 0 Å². The first kappa shape index (κ1) is 21.5. The van der Waals surface area contributed by atoms with E-state index in [1.54, 1.807) is 5.57 Å². The molecule has 2 atom stereocenters. The van der Waals surface area contributed by atoms with Crippen LogP contribution in [-0.2, 0) is 26.2 Å². The summed E-state index contributed by atoms with van der Waals surface area (Å²) in [4.78, 5) is 0.